The average Bonchev–Trinajstić information content (AvgIpc) is 1.61. The van der Waals surface area contributed by atoms with Crippen molar-refractivity contribution in [1.29, 1.82) is 0 Å². The van der Waals surface area contributed by atoms with Gasteiger partial charge in [0.1, 0.15) is 0 Å². The summed E-state index contributed by atoms with van der Waals surface area (Å²) in [6, 6.07) is 94.4. The molecule has 0 saturated heterocycles. The Balaban J connectivity index is 1.05. The van der Waals surface area contributed by atoms with Crippen LogP contribution in [0.15, 0.2) is 255 Å². The number of hydrogen-bond acceptors (Lipinski definition) is 2. The molecule has 0 aliphatic carbocycles. The van der Waals surface area contributed by atoms with Gasteiger partial charge in [0.2, 0.25) is 0 Å². The van der Waals surface area contributed by atoms with Gasteiger partial charge in [-0.1, -0.05) is 210 Å². The molecule has 0 atom stereocenters. The second kappa shape index (κ2) is 21.7. The van der Waals surface area contributed by atoms with Crippen LogP contribution in [-0.2, 0) is 0 Å². The second-order valence-corrected chi connectivity index (χ2v) is 24.3. The molecule has 3 heterocycles. The van der Waals surface area contributed by atoms with E-state index >= 15 is 0 Å². The lowest BCUT2D eigenvalue weighted by molar-refractivity contribution is 1.15. The molecule has 0 N–H and O–H groups in total. The smallest absolute Gasteiger partial charge is 0.161 e. The number of hydrogen-bond donors (Lipinski definition) is 0. The number of aryl methyl sites for hydroxylation is 8. The summed E-state index contributed by atoms with van der Waals surface area (Å²) < 4.78 is 5.02. The van der Waals surface area contributed by atoms with Gasteiger partial charge in [-0.3, -0.25) is 0 Å². The highest BCUT2D eigenvalue weighted by Gasteiger charge is 2.26. The maximum absolute atomic E-state index is 5.62. The fraction of sp³-hybridized carbons (Fsp3) is 0.0952. The molecule has 4 nitrogen and oxygen atoms in total. The van der Waals surface area contributed by atoms with E-state index in [1.807, 2.05) is 0 Å². The molecule has 15 rings (SSSR count). The number of aromatic nitrogens is 4. The minimum atomic E-state index is 0.639. The molecule has 0 aliphatic heterocycles. The van der Waals surface area contributed by atoms with Gasteiger partial charge in [0, 0.05) is 49.4 Å². The highest BCUT2D eigenvalue weighted by atomic mass is 15.0. The van der Waals surface area contributed by atoms with E-state index in [1.54, 1.807) is 0 Å². The highest BCUT2D eigenvalue weighted by molar-refractivity contribution is 6.14. The number of nitrogens with zero attached hydrogens (tertiary/aromatic N) is 4. The SMILES string of the molecule is Cc1ccc(-c2ccc3c(c2)c2cc(-c4ccc(C)cc4C)ccc2n3-c2ccccc2-c2c(-c3nc(-c4ccccc4)cc(-c4ccccc4)n3)cccc2-n2c3ccc(-c4ccc(C)cc4C)cc3c3cc(-c4ccc(C)cc4C)ccc32)c(C)c1. The van der Waals surface area contributed by atoms with Gasteiger partial charge < -0.3 is 9.13 Å². The molecule has 12 aromatic carbocycles. The molecule has 0 radical (unpaired) electrons. The van der Waals surface area contributed by atoms with Gasteiger partial charge >= 0.3 is 0 Å². The second-order valence-electron chi connectivity index (χ2n) is 24.3. The molecule has 4 heteroatoms. The Morgan fingerprint density at radius 1 is 0.239 bits per heavy atom. The number of fused-ring (bicyclic) bond motifs is 6. The van der Waals surface area contributed by atoms with E-state index in [-0.39, 0.29) is 0 Å². The van der Waals surface area contributed by atoms with E-state index in [1.165, 1.54) is 111 Å². The molecular weight excluding hydrogens is 1060 g/mol. The maximum Gasteiger partial charge on any atom is 0.161 e. The summed E-state index contributed by atoms with van der Waals surface area (Å²) in [5.74, 6) is 0.639. The van der Waals surface area contributed by atoms with Crippen LogP contribution in [0.5, 0.6) is 0 Å². The van der Waals surface area contributed by atoms with Gasteiger partial charge in [0.25, 0.3) is 0 Å². The molecule has 0 spiro atoms. The van der Waals surface area contributed by atoms with Crippen molar-refractivity contribution < 1.29 is 0 Å². The van der Waals surface area contributed by atoms with Crippen molar-refractivity contribution >= 4 is 43.6 Å². The molecule has 0 bridgehead atoms. The van der Waals surface area contributed by atoms with E-state index in [0.717, 1.165) is 72.6 Å². The van der Waals surface area contributed by atoms with Crippen molar-refractivity contribution in [2.45, 2.75) is 55.4 Å². The summed E-state index contributed by atoms with van der Waals surface area (Å²) >= 11 is 0. The van der Waals surface area contributed by atoms with Crippen LogP contribution >= 0.6 is 0 Å². The molecule has 422 valence electrons. The summed E-state index contributed by atoms with van der Waals surface area (Å²) in [6.07, 6.45) is 0. The molecule has 15 aromatic rings. The molecule has 0 aliphatic rings. The zero-order valence-corrected chi connectivity index (χ0v) is 51.0. The van der Waals surface area contributed by atoms with Gasteiger partial charge in [0.05, 0.1) is 44.8 Å². The first-order chi connectivity index (χ1) is 42.9. The summed E-state index contributed by atoms with van der Waals surface area (Å²) in [6.45, 7) is 17.6. The molecule has 0 unspecified atom stereocenters. The summed E-state index contributed by atoms with van der Waals surface area (Å²) in [5, 5.41) is 4.74. The summed E-state index contributed by atoms with van der Waals surface area (Å²) in [7, 11) is 0. The van der Waals surface area contributed by atoms with Crippen LogP contribution in [0.2, 0.25) is 0 Å². The standard InChI is InChI=1S/C84H66N4/c1-51-26-34-65(55(5)42-51)61-30-38-78-71(46-61)72-47-62(66-35-27-52(2)43-56(66)6)31-39-79(72)87(78)77-24-16-15-22-69(77)83-70(84-85-75(59-18-11-9-12-19-59)50-76(86-84)60-20-13-10-14-21-60)23-17-25-82(83)88-80-40-32-63(67-36-28-53(3)44-57(67)7)48-73(80)74-49-64(33-41-81(74)88)68-37-29-54(4)45-58(68)8/h9-50H,1-8H3. The van der Waals surface area contributed by atoms with Crippen molar-refractivity contribution in [3.05, 3.63) is 299 Å². The van der Waals surface area contributed by atoms with Crippen LogP contribution in [0.25, 0.3) is 145 Å². The van der Waals surface area contributed by atoms with Gasteiger partial charge in [-0.2, -0.15) is 0 Å². The van der Waals surface area contributed by atoms with E-state index in [0.29, 0.717) is 5.82 Å². The zero-order chi connectivity index (χ0) is 59.9. The van der Waals surface area contributed by atoms with Gasteiger partial charge in [-0.25, -0.2) is 9.97 Å². The Kier molecular flexibility index (Phi) is 13.3. The Morgan fingerprint density at radius 2 is 0.568 bits per heavy atom. The van der Waals surface area contributed by atoms with Crippen LogP contribution in [0.3, 0.4) is 0 Å². The van der Waals surface area contributed by atoms with E-state index in [4.69, 9.17) is 9.97 Å². The van der Waals surface area contributed by atoms with Gasteiger partial charge in [0.15, 0.2) is 5.82 Å². The first-order valence-electron chi connectivity index (χ1n) is 30.6. The van der Waals surface area contributed by atoms with Gasteiger partial charge in [-0.05, 0) is 189 Å². The van der Waals surface area contributed by atoms with Crippen molar-refractivity contribution in [1.82, 2.24) is 19.1 Å². The van der Waals surface area contributed by atoms with Crippen molar-refractivity contribution in [2.24, 2.45) is 0 Å². The minimum Gasteiger partial charge on any atom is -0.309 e. The Labute approximate surface area is 515 Å². The predicted molar refractivity (Wildman–Crippen MR) is 372 cm³/mol. The first kappa shape index (κ1) is 54.0. The van der Waals surface area contributed by atoms with E-state index in [9.17, 15) is 0 Å². The molecule has 88 heavy (non-hydrogen) atoms. The monoisotopic (exact) mass is 1130 g/mol. The van der Waals surface area contributed by atoms with Crippen molar-refractivity contribution in [3.8, 4) is 101 Å². The lowest BCUT2D eigenvalue weighted by Crippen LogP contribution is -2.05. The zero-order valence-electron chi connectivity index (χ0n) is 51.0. The van der Waals surface area contributed by atoms with E-state index < -0.39 is 0 Å². The van der Waals surface area contributed by atoms with Gasteiger partial charge in [-0.15, -0.1) is 0 Å². The number of rotatable bonds is 10. The predicted octanol–water partition coefficient (Wildman–Crippen LogP) is 22.5. The average molecular weight is 1130 g/mol. The molecule has 3 aromatic heterocycles. The third-order valence-electron chi connectivity index (χ3n) is 18.1. The molecular formula is C84H66N4. The third-order valence-corrected chi connectivity index (χ3v) is 18.1. The lowest BCUT2D eigenvalue weighted by atomic mass is 9.94. The maximum atomic E-state index is 5.62. The van der Waals surface area contributed by atoms with Crippen LogP contribution < -0.4 is 0 Å². The molecule has 0 amide bonds. The Hall–Kier alpha value is -10.7. The number of para-hydroxylation sites is 1. The Bertz CT molecular complexity index is 5010. The fourth-order valence-corrected chi connectivity index (χ4v) is 13.9. The normalized spacial score (nSPS) is 11.6. The Morgan fingerprint density at radius 3 is 0.943 bits per heavy atom. The largest absolute Gasteiger partial charge is 0.309 e. The quantitative estimate of drug-likeness (QED) is 0.137. The van der Waals surface area contributed by atoms with Crippen LogP contribution in [-0.4, -0.2) is 19.1 Å². The fourth-order valence-electron chi connectivity index (χ4n) is 13.9. The number of benzene rings is 12. The first-order valence-corrected chi connectivity index (χ1v) is 30.6. The summed E-state index contributed by atoms with van der Waals surface area (Å²) in [5.41, 5.74) is 33.0. The van der Waals surface area contributed by atoms with Crippen molar-refractivity contribution in [2.75, 3.05) is 0 Å². The van der Waals surface area contributed by atoms with Crippen molar-refractivity contribution in [3.63, 3.8) is 0 Å². The van der Waals surface area contributed by atoms with Crippen LogP contribution in [0.1, 0.15) is 44.5 Å². The molecule has 0 saturated carbocycles. The third kappa shape index (κ3) is 9.41. The van der Waals surface area contributed by atoms with E-state index in [2.05, 4.69) is 319 Å². The highest BCUT2D eigenvalue weighted by Crippen LogP contribution is 2.47. The topological polar surface area (TPSA) is 35.6 Å². The van der Waals surface area contributed by atoms with Crippen LogP contribution in [0, 0.1) is 55.4 Å². The molecule has 0 fully saturated rings. The summed E-state index contributed by atoms with van der Waals surface area (Å²) in [4.78, 5) is 11.2. The lowest BCUT2D eigenvalue weighted by Gasteiger charge is -2.22. The minimum absolute atomic E-state index is 0.639. The van der Waals surface area contributed by atoms with Crippen LogP contribution in [0.4, 0.5) is 0 Å².